The van der Waals surface area contributed by atoms with Gasteiger partial charge in [-0.3, -0.25) is 19.2 Å². The van der Waals surface area contributed by atoms with E-state index in [-0.39, 0.29) is 59.6 Å². The third-order valence-electron chi connectivity index (χ3n) is 12.8. The third-order valence-corrected chi connectivity index (χ3v) is 12.8. The van der Waals surface area contributed by atoms with Crippen LogP contribution in [0.4, 0.5) is 8.78 Å². The molecule has 6 aromatic rings. The minimum atomic E-state index is -0.764. The van der Waals surface area contributed by atoms with E-state index >= 15 is 0 Å². The van der Waals surface area contributed by atoms with Gasteiger partial charge < -0.3 is 29.9 Å². The van der Waals surface area contributed by atoms with Gasteiger partial charge in [-0.25, -0.2) is 8.78 Å². The number of carbonyl (C=O) groups excluding carboxylic acids is 4. The summed E-state index contributed by atoms with van der Waals surface area (Å²) in [4.78, 5) is 57.7. The van der Waals surface area contributed by atoms with Crippen molar-refractivity contribution < 1.29 is 37.4 Å². The van der Waals surface area contributed by atoms with E-state index in [0.29, 0.717) is 61.2 Å². The molecule has 4 amide bonds. The lowest BCUT2D eigenvalue weighted by molar-refractivity contribution is -0.126. The Hall–Kier alpha value is -7.86. The molecular formula is C60H62F2N4O6. The molecule has 0 spiro atoms. The molecule has 2 heterocycles. The predicted octanol–water partition coefficient (Wildman–Crippen LogP) is 11.0. The molecule has 2 aliphatic rings. The van der Waals surface area contributed by atoms with Crippen molar-refractivity contribution in [3.8, 4) is 11.5 Å². The second kappa shape index (κ2) is 25.3. The Morgan fingerprint density at radius 1 is 0.458 bits per heavy atom. The molecule has 0 aliphatic carbocycles. The molecule has 12 heteroatoms. The molecule has 372 valence electrons. The van der Waals surface area contributed by atoms with Gasteiger partial charge in [0.25, 0.3) is 11.8 Å². The van der Waals surface area contributed by atoms with Gasteiger partial charge in [0, 0.05) is 39.8 Å². The average Bonchev–Trinajstić information content (AvgIpc) is 3.39. The maximum absolute atomic E-state index is 13.7. The van der Waals surface area contributed by atoms with Gasteiger partial charge in [0.05, 0.1) is 35.4 Å². The van der Waals surface area contributed by atoms with Gasteiger partial charge in [-0.15, -0.1) is 0 Å². The van der Waals surface area contributed by atoms with Crippen LogP contribution in [0.25, 0.3) is 0 Å². The standard InChI is InChI=1S/2C30H31FN2O3/c2*1-21-10-6-8-14-26(23-16-18-24(31)19-17-23)32-29(34)27(20-22-11-4-3-5-12-22)33(2)30(35)25-13-7-9-15-28(25)36-21/h2*3-9,11-13,15-19,21,26-27H,10,14,20H2,1-2H3,(H,32,34)/b8-6+;8-6-/t2*21-,26+,27-/m00/s1. The van der Waals surface area contributed by atoms with E-state index in [2.05, 4.69) is 10.6 Å². The van der Waals surface area contributed by atoms with Crippen molar-refractivity contribution in [1.82, 2.24) is 20.4 Å². The average molecular weight is 973 g/mol. The summed E-state index contributed by atoms with van der Waals surface area (Å²) in [7, 11) is 3.29. The van der Waals surface area contributed by atoms with E-state index in [9.17, 15) is 28.0 Å². The first kappa shape index (κ1) is 52.0. The summed E-state index contributed by atoms with van der Waals surface area (Å²) >= 11 is 0. The maximum atomic E-state index is 13.7. The number of benzene rings is 6. The Morgan fingerprint density at radius 3 is 1.17 bits per heavy atom. The zero-order chi connectivity index (χ0) is 51.0. The van der Waals surface area contributed by atoms with E-state index < -0.39 is 12.1 Å². The summed E-state index contributed by atoms with van der Waals surface area (Å²) in [6.45, 7) is 3.91. The fourth-order valence-electron chi connectivity index (χ4n) is 8.69. The van der Waals surface area contributed by atoms with Crippen molar-refractivity contribution >= 4 is 23.6 Å². The molecule has 2 N–H and O–H groups in total. The first-order valence-electron chi connectivity index (χ1n) is 24.4. The van der Waals surface area contributed by atoms with E-state index in [4.69, 9.17) is 9.47 Å². The van der Waals surface area contributed by atoms with Crippen molar-refractivity contribution in [2.45, 2.75) is 88.7 Å². The first-order valence-corrected chi connectivity index (χ1v) is 24.4. The number of halogens is 2. The normalized spacial score (nSPS) is 22.1. The van der Waals surface area contributed by atoms with Crippen LogP contribution in [-0.4, -0.2) is 71.8 Å². The van der Waals surface area contributed by atoms with Crippen LogP contribution in [0.15, 0.2) is 182 Å². The maximum Gasteiger partial charge on any atom is 0.258 e. The van der Waals surface area contributed by atoms with Crippen LogP contribution >= 0.6 is 0 Å². The van der Waals surface area contributed by atoms with Crippen molar-refractivity contribution in [2.24, 2.45) is 0 Å². The molecular weight excluding hydrogens is 911 g/mol. The smallest absolute Gasteiger partial charge is 0.258 e. The van der Waals surface area contributed by atoms with Crippen LogP contribution in [0.5, 0.6) is 11.5 Å². The number of nitrogens with one attached hydrogen (secondary N) is 2. The largest absolute Gasteiger partial charge is 0.490 e. The van der Waals surface area contributed by atoms with Gasteiger partial charge in [-0.05, 0) is 97.5 Å². The number of fused-ring (bicyclic) bond motifs is 2. The number of carbonyl (C=O) groups is 4. The third kappa shape index (κ3) is 14.1. The van der Waals surface area contributed by atoms with Crippen LogP contribution in [0.1, 0.15) is 94.6 Å². The Bertz CT molecular complexity index is 2610. The molecule has 10 nitrogen and oxygen atoms in total. The predicted molar refractivity (Wildman–Crippen MR) is 276 cm³/mol. The molecule has 8 rings (SSSR count). The van der Waals surface area contributed by atoms with Crippen molar-refractivity contribution in [1.29, 1.82) is 0 Å². The Balaban J connectivity index is 0.000000211. The number of hydrogen-bond donors (Lipinski definition) is 2. The van der Waals surface area contributed by atoms with Gasteiger partial charge in [-0.1, -0.05) is 133 Å². The molecule has 6 aromatic carbocycles. The highest BCUT2D eigenvalue weighted by Gasteiger charge is 2.33. The molecule has 0 bridgehead atoms. The second-order valence-corrected chi connectivity index (χ2v) is 18.2. The molecule has 2 aliphatic heterocycles. The van der Waals surface area contributed by atoms with Crippen molar-refractivity contribution in [3.05, 3.63) is 227 Å². The van der Waals surface area contributed by atoms with Gasteiger partial charge in [0.15, 0.2) is 0 Å². The van der Waals surface area contributed by atoms with Crippen molar-refractivity contribution in [2.75, 3.05) is 14.1 Å². The van der Waals surface area contributed by atoms with Crippen LogP contribution in [-0.2, 0) is 22.4 Å². The summed E-state index contributed by atoms with van der Waals surface area (Å²) in [5, 5.41) is 6.25. The van der Waals surface area contributed by atoms with E-state index in [1.54, 1.807) is 74.8 Å². The van der Waals surface area contributed by atoms with Gasteiger partial charge in [-0.2, -0.15) is 0 Å². The van der Waals surface area contributed by atoms with Crippen LogP contribution in [0.2, 0.25) is 0 Å². The Morgan fingerprint density at radius 2 is 0.792 bits per heavy atom. The molecule has 6 atom stereocenters. The monoisotopic (exact) mass is 972 g/mol. The molecule has 0 fully saturated rings. The van der Waals surface area contributed by atoms with Crippen molar-refractivity contribution in [3.63, 3.8) is 0 Å². The number of para-hydroxylation sites is 2. The summed E-state index contributed by atoms with van der Waals surface area (Å²) < 4.78 is 39.4. The highest BCUT2D eigenvalue weighted by Crippen LogP contribution is 2.28. The minimum absolute atomic E-state index is 0.151. The fourth-order valence-corrected chi connectivity index (χ4v) is 8.69. The highest BCUT2D eigenvalue weighted by molar-refractivity contribution is 6.00. The lowest BCUT2D eigenvalue weighted by Crippen LogP contribution is -2.49. The summed E-state index contributed by atoms with van der Waals surface area (Å²) in [5.41, 5.74) is 4.29. The molecule has 72 heavy (non-hydrogen) atoms. The topological polar surface area (TPSA) is 117 Å². The summed E-state index contributed by atoms with van der Waals surface area (Å²) in [5.74, 6) is -0.815. The summed E-state index contributed by atoms with van der Waals surface area (Å²) in [6.07, 6.45) is 10.8. The zero-order valence-corrected chi connectivity index (χ0v) is 41.1. The van der Waals surface area contributed by atoms with Crippen LogP contribution in [0, 0.1) is 11.6 Å². The Labute approximate surface area is 421 Å². The van der Waals surface area contributed by atoms with E-state index in [1.807, 2.05) is 111 Å². The summed E-state index contributed by atoms with van der Waals surface area (Å²) in [6, 6.07) is 43.5. The number of ether oxygens (including phenoxy) is 2. The molecule has 0 radical (unpaired) electrons. The molecule has 0 aromatic heterocycles. The van der Waals surface area contributed by atoms with Gasteiger partial charge >= 0.3 is 0 Å². The molecule has 0 saturated carbocycles. The molecule has 0 saturated heterocycles. The lowest BCUT2D eigenvalue weighted by atomic mass is 9.99. The van der Waals surface area contributed by atoms with E-state index in [0.717, 1.165) is 22.3 Å². The second-order valence-electron chi connectivity index (χ2n) is 18.2. The van der Waals surface area contributed by atoms with Gasteiger partial charge in [0.2, 0.25) is 11.8 Å². The SMILES string of the molecule is C[C@H]1C/C=C/C[C@H](c2ccc(F)cc2)NC(=O)[C@H](Cc2ccccc2)N(C)C(=O)c2ccccc2O1.C[C@H]1C/C=C\C[C@H](c2ccc(F)cc2)NC(=O)[C@H](Cc2ccccc2)N(C)C(=O)c2ccccc2O1. The van der Waals surface area contributed by atoms with E-state index in [1.165, 1.54) is 34.1 Å². The zero-order valence-electron chi connectivity index (χ0n) is 41.1. The van der Waals surface area contributed by atoms with Crippen LogP contribution < -0.4 is 20.1 Å². The van der Waals surface area contributed by atoms with Crippen LogP contribution in [0.3, 0.4) is 0 Å². The Kier molecular flexibility index (Phi) is 18.3. The molecule has 0 unspecified atom stereocenters. The minimum Gasteiger partial charge on any atom is -0.490 e. The van der Waals surface area contributed by atoms with Gasteiger partial charge in [0.1, 0.15) is 35.2 Å². The quantitative estimate of drug-likeness (QED) is 0.161. The highest BCUT2D eigenvalue weighted by atomic mass is 19.1. The number of nitrogens with zero attached hydrogens (tertiary/aromatic N) is 2. The first-order chi connectivity index (χ1) is 34.8. The fraction of sp³-hybridized carbons (Fsp3) is 0.267. The number of amides is 4. The lowest BCUT2D eigenvalue weighted by Gasteiger charge is -2.30. The number of hydrogen-bond acceptors (Lipinski definition) is 6. The number of likely N-dealkylation sites (N-methyl/N-ethyl adjacent to an activating group) is 2. The number of rotatable bonds is 6.